The number of hydrogen-bond acceptors (Lipinski definition) is 4. The van der Waals surface area contributed by atoms with Gasteiger partial charge in [-0.05, 0) is 22.9 Å². The molecule has 0 aromatic heterocycles. The Morgan fingerprint density at radius 2 is 1.64 bits per heavy atom. The molecule has 2 rings (SSSR count). The highest BCUT2D eigenvalue weighted by atomic mass is 35.5. The highest BCUT2D eigenvalue weighted by Crippen LogP contribution is 2.21. The van der Waals surface area contributed by atoms with E-state index < -0.39 is 16.8 Å². The van der Waals surface area contributed by atoms with Gasteiger partial charge in [0.2, 0.25) is 0 Å². The fourth-order valence-corrected chi connectivity index (χ4v) is 1.97. The van der Waals surface area contributed by atoms with Gasteiger partial charge in [0.05, 0.1) is 12.8 Å². The van der Waals surface area contributed by atoms with Gasteiger partial charge in [-0.25, -0.2) is 0 Å². The molecule has 0 saturated carbocycles. The van der Waals surface area contributed by atoms with Crippen molar-refractivity contribution in [2.24, 2.45) is 0 Å². The van der Waals surface area contributed by atoms with E-state index in [1.165, 1.54) is 0 Å². The van der Waals surface area contributed by atoms with Crippen LogP contribution in [-0.2, 0) is 14.3 Å². The van der Waals surface area contributed by atoms with Crippen molar-refractivity contribution in [2.75, 3.05) is 6.61 Å². The van der Waals surface area contributed by atoms with Crippen molar-refractivity contribution >= 4 is 45.9 Å². The Kier molecular flexibility index (Phi) is 6.04. The van der Waals surface area contributed by atoms with Crippen LogP contribution in [0.25, 0.3) is 10.8 Å². The molecule has 0 fully saturated rings. The summed E-state index contributed by atoms with van der Waals surface area (Å²) in [6.45, 7) is -0.0956. The molecule has 22 heavy (non-hydrogen) atoms. The minimum Gasteiger partial charge on any atom is -0.463 e. The van der Waals surface area contributed by atoms with Crippen molar-refractivity contribution in [1.29, 1.82) is 0 Å². The molecule has 0 bridgehead atoms. The number of benzene rings is 2. The van der Waals surface area contributed by atoms with Crippen molar-refractivity contribution in [3.8, 4) is 5.75 Å². The van der Waals surface area contributed by atoms with E-state index in [1.54, 1.807) is 12.1 Å². The van der Waals surface area contributed by atoms with Gasteiger partial charge in [-0.2, -0.15) is 0 Å². The van der Waals surface area contributed by atoms with Gasteiger partial charge in [0.1, 0.15) is 17.2 Å². The van der Waals surface area contributed by atoms with Crippen molar-refractivity contribution in [3.63, 3.8) is 0 Å². The molecule has 0 aliphatic heterocycles. The summed E-state index contributed by atoms with van der Waals surface area (Å²) < 4.78 is 9.95. The van der Waals surface area contributed by atoms with E-state index >= 15 is 0 Å². The van der Waals surface area contributed by atoms with E-state index in [2.05, 4.69) is 0 Å². The van der Waals surface area contributed by atoms with Crippen molar-refractivity contribution in [2.45, 2.75) is 17.7 Å². The topological polar surface area (TPSA) is 52.6 Å². The summed E-state index contributed by atoms with van der Waals surface area (Å²) in [4.78, 5) is 22.3. The number of hydrogen-bond donors (Lipinski definition) is 0. The summed E-state index contributed by atoms with van der Waals surface area (Å²) >= 11 is 10.9. The maximum atomic E-state index is 11.7. The molecule has 4 nitrogen and oxygen atoms in total. The molecule has 6 heteroatoms. The van der Waals surface area contributed by atoms with Gasteiger partial charge in [0.15, 0.2) is 0 Å². The van der Waals surface area contributed by atoms with E-state index in [4.69, 9.17) is 32.7 Å². The second kappa shape index (κ2) is 8.01. The lowest BCUT2D eigenvalue weighted by molar-refractivity contribution is -0.146. The zero-order chi connectivity index (χ0) is 15.9. The summed E-state index contributed by atoms with van der Waals surface area (Å²) in [5.74, 6) is -0.596. The molecule has 0 unspecified atom stereocenters. The van der Waals surface area contributed by atoms with E-state index in [9.17, 15) is 9.59 Å². The Morgan fingerprint density at radius 3 is 2.36 bits per heavy atom. The quantitative estimate of drug-likeness (QED) is 0.455. The molecule has 2 aromatic carbocycles. The zero-order valence-electron chi connectivity index (χ0n) is 11.6. The van der Waals surface area contributed by atoms with Crippen molar-refractivity contribution in [3.05, 3.63) is 42.5 Å². The van der Waals surface area contributed by atoms with Crippen LogP contribution in [0.4, 0.5) is 0 Å². The Labute approximate surface area is 137 Å². The summed E-state index contributed by atoms with van der Waals surface area (Å²) in [7, 11) is 0. The number of carbonyl (C=O) groups is 2. The molecule has 0 aliphatic carbocycles. The molecule has 0 atom stereocenters. The maximum absolute atomic E-state index is 11.7. The maximum Gasteiger partial charge on any atom is 0.311 e. The van der Waals surface area contributed by atoms with E-state index in [0.717, 1.165) is 10.8 Å². The lowest BCUT2D eigenvalue weighted by Crippen LogP contribution is -2.14. The smallest absolute Gasteiger partial charge is 0.311 e. The fraction of sp³-hybridized carbons (Fsp3) is 0.250. The number of alkyl halides is 2. The van der Waals surface area contributed by atoms with Crippen LogP contribution >= 0.6 is 23.2 Å². The minimum atomic E-state index is -0.770. The van der Waals surface area contributed by atoms with Gasteiger partial charge in [-0.3, -0.25) is 9.59 Å². The Morgan fingerprint density at radius 1 is 0.955 bits per heavy atom. The molecule has 2 aromatic rings. The van der Waals surface area contributed by atoms with Crippen LogP contribution < -0.4 is 4.74 Å². The lowest BCUT2D eigenvalue weighted by Gasteiger charge is -2.06. The molecule has 0 saturated heterocycles. The van der Waals surface area contributed by atoms with Crippen molar-refractivity contribution in [1.82, 2.24) is 0 Å². The van der Waals surface area contributed by atoms with Crippen LogP contribution in [0.3, 0.4) is 0 Å². The van der Waals surface area contributed by atoms with E-state index in [-0.39, 0.29) is 19.4 Å². The number of esters is 2. The summed E-state index contributed by atoms with van der Waals surface area (Å²) in [5, 5.41) is 2.03. The van der Waals surface area contributed by atoms with Crippen LogP contribution in [0.15, 0.2) is 42.5 Å². The molecule has 0 N–H and O–H groups in total. The Hall–Kier alpha value is -1.78. The number of ether oxygens (including phenoxy) is 2. The third-order valence-electron chi connectivity index (χ3n) is 2.86. The second-order valence-corrected chi connectivity index (χ2v) is 5.83. The second-order valence-electron chi connectivity index (χ2n) is 4.56. The van der Waals surface area contributed by atoms with Crippen LogP contribution in [0.1, 0.15) is 12.8 Å². The van der Waals surface area contributed by atoms with Gasteiger partial charge in [-0.1, -0.05) is 30.3 Å². The number of rotatable bonds is 6. The van der Waals surface area contributed by atoms with E-state index in [1.807, 2.05) is 30.3 Å². The summed E-state index contributed by atoms with van der Waals surface area (Å²) in [5.41, 5.74) is 0. The number of fused-ring (bicyclic) bond motifs is 1. The molecule has 0 heterocycles. The number of carbonyl (C=O) groups excluding carboxylic acids is 2. The molecule has 0 radical (unpaired) electrons. The zero-order valence-corrected chi connectivity index (χ0v) is 13.1. The SMILES string of the molecule is O=C(CCC(=O)Oc1ccc2ccccc2c1)OCC(Cl)Cl. The third-order valence-corrected chi connectivity index (χ3v) is 3.11. The highest BCUT2D eigenvalue weighted by Gasteiger charge is 2.11. The molecule has 0 spiro atoms. The van der Waals surface area contributed by atoms with Crippen LogP contribution in [0, 0.1) is 0 Å². The molecule has 116 valence electrons. The number of halogens is 2. The van der Waals surface area contributed by atoms with Crippen LogP contribution in [0.2, 0.25) is 0 Å². The Bertz CT molecular complexity index is 670. The first-order valence-electron chi connectivity index (χ1n) is 6.68. The monoisotopic (exact) mass is 340 g/mol. The van der Waals surface area contributed by atoms with Gasteiger partial charge >= 0.3 is 11.9 Å². The molecular formula is C16H14Cl2O4. The molecular weight excluding hydrogens is 327 g/mol. The van der Waals surface area contributed by atoms with Crippen LogP contribution in [-0.4, -0.2) is 23.4 Å². The largest absolute Gasteiger partial charge is 0.463 e. The average molecular weight is 341 g/mol. The fourth-order valence-electron chi connectivity index (χ4n) is 1.85. The standard InChI is InChI=1S/C16H14Cl2O4/c17-14(18)10-21-15(19)7-8-16(20)22-13-6-5-11-3-1-2-4-12(11)9-13/h1-6,9,14H,7-8,10H2. The van der Waals surface area contributed by atoms with Gasteiger partial charge in [-0.15, -0.1) is 23.2 Å². The van der Waals surface area contributed by atoms with Gasteiger partial charge < -0.3 is 9.47 Å². The average Bonchev–Trinajstić information content (AvgIpc) is 2.50. The van der Waals surface area contributed by atoms with E-state index in [0.29, 0.717) is 5.75 Å². The normalized spacial score (nSPS) is 10.7. The summed E-state index contributed by atoms with van der Waals surface area (Å²) in [6, 6.07) is 13.1. The first kappa shape index (κ1) is 16.6. The first-order chi connectivity index (χ1) is 10.5. The highest BCUT2D eigenvalue weighted by molar-refractivity contribution is 6.44. The minimum absolute atomic E-state index is 0.0686. The molecule has 0 aliphatic rings. The van der Waals surface area contributed by atoms with Gasteiger partial charge in [0, 0.05) is 0 Å². The molecule has 0 amide bonds. The Balaban J connectivity index is 1.84. The summed E-state index contributed by atoms with van der Waals surface area (Å²) in [6.07, 6.45) is -0.145. The predicted molar refractivity (Wildman–Crippen MR) is 85.3 cm³/mol. The first-order valence-corrected chi connectivity index (χ1v) is 7.55. The van der Waals surface area contributed by atoms with Crippen molar-refractivity contribution < 1.29 is 19.1 Å². The predicted octanol–water partition coefficient (Wildman–Crippen LogP) is 3.87. The van der Waals surface area contributed by atoms with Crippen LogP contribution in [0.5, 0.6) is 5.75 Å². The third kappa shape index (κ3) is 5.20. The van der Waals surface area contributed by atoms with Gasteiger partial charge in [0.25, 0.3) is 0 Å². The lowest BCUT2D eigenvalue weighted by atomic mass is 10.1.